The molecule has 3 aliphatic rings. The quantitative estimate of drug-likeness (QED) is 0.107. The number of alkyl halides is 1. The zero-order valence-corrected chi connectivity index (χ0v) is 22.7. The molecule has 9 atom stereocenters. The summed E-state index contributed by atoms with van der Waals surface area (Å²) >= 11 is 0. The number of nitrogens with two attached hydrogens (primary N) is 2. The van der Waals surface area contributed by atoms with Crippen molar-refractivity contribution < 1.29 is 47.3 Å². The van der Waals surface area contributed by atoms with Crippen molar-refractivity contribution in [3.05, 3.63) is 23.0 Å². The number of aromatic nitrogens is 9. The Morgan fingerprint density at radius 1 is 1.21 bits per heavy atom. The maximum atomic E-state index is 15.3. The third-order valence-electron chi connectivity index (χ3n) is 7.31. The second-order valence-electron chi connectivity index (χ2n) is 10.1. The average molecular weight is 627 g/mol. The Bertz CT molecular complexity index is 1820. The van der Waals surface area contributed by atoms with Gasteiger partial charge in [0.15, 0.2) is 53.5 Å². The summed E-state index contributed by atoms with van der Waals surface area (Å²) in [6, 6.07) is 0. The Kier molecular flexibility index (Phi) is 6.46. The van der Waals surface area contributed by atoms with Gasteiger partial charge < -0.3 is 30.9 Å². The predicted molar refractivity (Wildman–Crippen MR) is 135 cm³/mol. The maximum absolute atomic E-state index is 15.3. The van der Waals surface area contributed by atoms with Gasteiger partial charge in [0.25, 0.3) is 5.56 Å². The number of imidazole rings is 1. The van der Waals surface area contributed by atoms with Crippen molar-refractivity contribution in [1.82, 2.24) is 44.5 Å². The van der Waals surface area contributed by atoms with Gasteiger partial charge in [0.1, 0.15) is 29.7 Å². The highest BCUT2D eigenvalue weighted by molar-refractivity contribution is 7.47. The Morgan fingerprint density at radius 2 is 2.02 bits per heavy atom. The van der Waals surface area contributed by atoms with E-state index >= 15 is 4.39 Å². The number of aromatic amines is 1. The van der Waals surface area contributed by atoms with Gasteiger partial charge in [0.05, 0.1) is 19.5 Å². The van der Waals surface area contributed by atoms with Crippen LogP contribution in [0, 0.1) is 0 Å². The molecule has 23 heteroatoms. The first-order valence-corrected chi connectivity index (χ1v) is 14.1. The van der Waals surface area contributed by atoms with E-state index in [0.717, 1.165) is 4.68 Å². The number of anilines is 2. The molecule has 0 saturated carbocycles. The average Bonchev–Trinajstić information content (AvgIpc) is 3.66. The van der Waals surface area contributed by atoms with Crippen molar-refractivity contribution in [2.75, 3.05) is 24.7 Å². The summed E-state index contributed by atoms with van der Waals surface area (Å²) in [4.78, 5) is 51.7. The zero-order valence-electron chi connectivity index (χ0n) is 21.8. The number of rotatable bonds is 8. The molecule has 3 saturated heterocycles. The normalized spacial score (nSPS) is 33.5. The number of aliphatic hydroxyl groups excluding tert-OH is 1. The van der Waals surface area contributed by atoms with Gasteiger partial charge in [0, 0.05) is 0 Å². The van der Waals surface area contributed by atoms with Crippen LogP contribution >= 0.6 is 7.82 Å². The Morgan fingerprint density at radius 3 is 2.77 bits per heavy atom. The Hall–Kier alpha value is -3.73. The zero-order chi connectivity index (χ0) is 30.3. The van der Waals surface area contributed by atoms with Crippen LogP contribution in [0.3, 0.4) is 0 Å². The van der Waals surface area contributed by atoms with Gasteiger partial charge in [-0.3, -0.25) is 23.4 Å². The first-order valence-electron chi connectivity index (χ1n) is 12.6. The molecule has 43 heavy (non-hydrogen) atoms. The number of aliphatic hydroxyl groups is 1. The molecule has 1 unspecified atom stereocenters. The smallest absolute Gasteiger partial charge is 0.394 e. The van der Waals surface area contributed by atoms with Gasteiger partial charge in [-0.15, -0.1) is 5.10 Å². The largest absolute Gasteiger partial charge is 0.472 e. The van der Waals surface area contributed by atoms with Crippen LogP contribution in [0.2, 0.25) is 0 Å². The molecule has 3 aliphatic heterocycles. The van der Waals surface area contributed by atoms with Crippen LogP contribution < -0.4 is 17.0 Å². The van der Waals surface area contributed by atoms with E-state index < -0.39 is 75.2 Å². The summed E-state index contributed by atoms with van der Waals surface area (Å²) in [7, 11) is -5.09. The van der Waals surface area contributed by atoms with Crippen molar-refractivity contribution in [2.45, 2.75) is 55.6 Å². The van der Waals surface area contributed by atoms with Crippen molar-refractivity contribution in [3.8, 4) is 0 Å². The summed E-state index contributed by atoms with van der Waals surface area (Å²) in [6.45, 7) is 0.153. The van der Waals surface area contributed by atoms with Crippen LogP contribution in [0.25, 0.3) is 22.3 Å². The van der Waals surface area contributed by atoms with Gasteiger partial charge in [-0.2, -0.15) is 9.67 Å². The minimum atomic E-state index is -5.09. The molecule has 4 aromatic heterocycles. The fraction of sp³-hybridized carbons (Fsp3) is 0.550. The lowest BCUT2D eigenvalue weighted by Crippen LogP contribution is -2.53. The molecule has 7 heterocycles. The van der Waals surface area contributed by atoms with Crippen molar-refractivity contribution in [3.63, 3.8) is 0 Å². The van der Waals surface area contributed by atoms with Gasteiger partial charge in [0.2, 0.25) is 5.95 Å². The standard InChI is InChI=1S/C20H23FN11O10P/c1-20(12-11(40-41-12)17(39-20)31-5-26-8-13(22)24-4-25-14(8)31)3-37-43(35,36)42-10-7(21)6(2-33)38-18(10)32-15-9(29-30-32)16(34)28-19(23)27-15/h4-7,10-12,17-18,33H,2-3H2,1H3,(H,35,36)(H2,22,24,25)(H3,23,27,28,34)/t6-,7-,10-,11-,12+,17-,18-,20-/m1/s1. The monoisotopic (exact) mass is 627 g/mol. The molecule has 0 amide bonds. The number of ether oxygens (including phenoxy) is 2. The number of nitrogens with zero attached hydrogens (tertiary/aromatic N) is 8. The summed E-state index contributed by atoms with van der Waals surface area (Å²) in [5, 5.41) is 17.1. The first kappa shape index (κ1) is 28.1. The number of H-pyrrole nitrogens is 1. The summed E-state index contributed by atoms with van der Waals surface area (Å²) in [6.07, 6.45) is -6.72. The van der Waals surface area contributed by atoms with E-state index in [4.69, 9.17) is 39.8 Å². The van der Waals surface area contributed by atoms with Crippen LogP contribution in [0.5, 0.6) is 0 Å². The first-order chi connectivity index (χ1) is 20.5. The Labute approximate surface area is 237 Å². The number of halogens is 1. The van der Waals surface area contributed by atoms with Crippen LogP contribution in [0.4, 0.5) is 16.2 Å². The molecule has 0 bridgehead atoms. The number of phosphoric ester groups is 1. The fourth-order valence-corrected chi connectivity index (χ4v) is 6.20. The lowest BCUT2D eigenvalue weighted by Gasteiger charge is -2.36. The van der Waals surface area contributed by atoms with Crippen LogP contribution in [0.15, 0.2) is 17.4 Å². The Balaban J connectivity index is 1.11. The van der Waals surface area contributed by atoms with Crippen LogP contribution in [-0.4, -0.2) is 104 Å². The lowest BCUT2D eigenvalue weighted by atomic mass is 9.97. The highest BCUT2D eigenvalue weighted by atomic mass is 31.2. The second kappa shape index (κ2) is 9.90. The van der Waals surface area contributed by atoms with Crippen molar-refractivity contribution >= 4 is 41.9 Å². The van der Waals surface area contributed by atoms with E-state index in [2.05, 4.69) is 35.2 Å². The SMILES string of the molecule is C[C@]1(COP(=O)(O)O[C@@H]2[C@H](F)[C@@H](CO)O[C@H]2n2nnc3c(=O)[nH]c(N)nc32)O[C@@H](n2cnc3c(N)ncnc32)[C@@H]2OO[C@@H]21. The summed E-state index contributed by atoms with van der Waals surface area (Å²) < 4.78 is 53.0. The van der Waals surface area contributed by atoms with Crippen molar-refractivity contribution in [1.29, 1.82) is 0 Å². The van der Waals surface area contributed by atoms with E-state index in [1.165, 1.54) is 12.7 Å². The number of nitrogens with one attached hydrogen (secondary N) is 1. The predicted octanol–water partition coefficient (Wildman–Crippen LogP) is -1.76. The molecule has 3 fully saturated rings. The summed E-state index contributed by atoms with van der Waals surface area (Å²) in [5.41, 5.74) is 9.57. The minimum absolute atomic E-state index is 0.155. The molecule has 0 radical (unpaired) electrons. The molecule has 0 aliphatic carbocycles. The van der Waals surface area contributed by atoms with E-state index in [1.54, 1.807) is 11.5 Å². The minimum Gasteiger partial charge on any atom is -0.394 e. The van der Waals surface area contributed by atoms with Crippen molar-refractivity contribution in [2.24, 2.45) is 0 Å². The van der Waals surface area contributed by atoms with E-state index in [-0.39, 0.29) is 22.9 Å². The summed E-state index contributed by atoms with van der Waals surface area (Å²) in [5.74, 6) is -0.145. The van der Waals surface area contributed by atoms with E-state index in [1.807, 2.05) is 0 Å². The number of phosphoric acid groups is 1. The molecular weight excluding hydrogens is 604 g/mol. The fourth-order valence-electron chi connectivity index (χ4n) is 5.19. The van der Waals surface area contributed by atoms with E-state index in [0.29, 0.717) is 11.2 Å². The number of nitrogen functional groups attached to an aromatic ring is 2. The molecule has 7 N–H and O–H groups in total. The molecular formula is C20H23FN11O10P. The van der Waals surface area contributed by atoms with Crippen LogP contribution in [0.1, 0.15) is 19.4 Å². The van der Waals surface area contributed by atoms with Gasteiger partial charge in [-0.1, -0.05) is 5.21 Å². The molecule has 230 valence electrons. The van der Waals surface area contributed by atoms with E-state index in [9.17, 15) is 19.4 Å². The molecule has 0 aromatic carbocycles. The third kappa shape index (κ3) is 4.46. The number of hydrogen-bond donors (Lipinski definition) is 5. The highest BCUT2D eigenvalue weighted by Crippen LogP contribution is 2.53. The molecule has 4 aromatic rings. The van der Waals surface area contributed by atoms with Gasteiger partial charge in [-0.05, 0) is 6.92 Å². The maximum Gasteiger partial charge on any atom is 0.472 e. The van der Waals surface area contributed by atoms with Gasteiger partial charge >= 0.3 is 7.82 Å². The third-order valence-corrected chi connectivity index (χ3v) is 8.28. The molecule has 21 nitrogen and oxygen atoms in total. The number of fused-ring (bicyclic) bond motifs is 3. The molecule has 0 spiro atoms. The topological polar surface area (TPSA) is 285 Å². The lowest BCUT2D eigenvalue weighted by molar-refractivity contribution is -0.468. The second-order valence-corrected chi connectivity index (χ2v) is 11.5. The molecule has 7 rings (SSSR count). The highest BCUT2D eigenvalue weighted by Gasteiger charge is 2.63. The number of hydrogen-bond acceptors (Lipinski definition) is 17. The van der Waals surface area contributed by atoms with Gasteiger partial charge in [-0.25, -0.2) is 33.7 Å². The van der Waals surface area contributed by atoms with Crippen LogP contribution in [-0.2, 0) is 32.9 Å².